The van der Waals surface area contributed by atoms with Gasteiger partial charge in [0, 0.05) is 11.1 Å². The summed E-state index contributed by atoms with van der Waals surface area (Å²) in [6, 6.07) is 0. The fourth-order valence-corrected chi connectivity index (χ4v) is 1.99. The van der Waals surface area contributed by atoms with Crippen LogP contribution in [-0.2, 0) is 0 Å². The van der Waals surface area contributed by atoms with Crippen LogP contribution in [0.25, 0.3) is 0 Å². The van der Waals surface area contributed by atoms with Crippen LogP contribution in [0.4, 0.5) is 0 Å². The van der Waals surface area contributed by atoms with Gasteiger partial charge in [0.2, 0.25) is 0 Å². The molecule has 0 rings (SSSR count). The maximum Gasteiger partial charge on any atom is 0.0269 e. The molecule has 0 aromatic heterocycles. The van der Waals surface area contributed by atoms with Crippen LogP contribution < -0.4 is 0 Å². The molecule has 102 valence electrons. The Labute approximate surface area is 113 Å². The summed E-state index contributed by atoms with van der Waals surface area (Å²) in [5.41, 5.74) is 3.12. The van der Waals surface area contributed by atoms with Crippen LogP contribution in [0.15, 0.2) is 35.5 Å². The summed E-state index contributed by atoms with van der Waals surface area (Å²) < 4.78 is 0. The molecule has 0 aliphatic heterocycles. The van der Waals surface area contributed by atoms with Crippen molar-refractivity contribution in [2.75, 3.05) is 0 Å². The molecule has 0 bridgehead atoms. The van der Waals surface area contributed by atoms with E-state index in [-0.39, 0.29) is 10.8 Å². The van der Waals surface area contributed by atoms with Crippen LogP contribution in [0.3, 0.4) is 0 Å². The fourth-order valence-electron chi connectivity index (χ4n) is 1.99. The van der Waals surface area contributed by atoms with Crippen LogP contribution in [0.5, 0.6) is 0 Å². The highest BCUT2D eigenvalue weighted by atomic mass is 14.5. The Morgan fingerprint density at radius 1 is 0.944 bits per heavy atom. The molecular weight excluding hydrogens is 218 g/mol. The summed E-state index contributed by atoms with van der Waals surface area (Å²) in [5.74, 6) is 0. The Bertz CT molecular complexity index is 384. The second-order valence-electron chi connectivity index (χ2n) is 6.31. The van der Waals surface area contributed by atoms with Crippen molar-refractivity contribution < 1.29 is 0 Å². The van der Waals surface area contributed by atoms with Gasteiger partial charge in [-0.25, -0.2) is 0 Å². The van der Waals surface area contributed by atoms with Crippen molar-refractivity contribution in [3.05, 3.63) is 35.5 Å². The number of nitrogens with one attached hydrogen (secondary N) is 1. The lowest BCUT2D eigenvalue weighted by molar-refractivity contribution is 0.481. The Kier molecular flexibility index (Phi) is 5.79. The third-order valence-corrected chi connectivity index (χ3v) is 3.45. The zero-order valence-corrected chi connectivity index (χ0v) is 13.3. The van der Waals surface area contributed by atoms with E-state index in [1.54, 1.807) is 0 Å². The van der Waals surface area contributed by atoms with E-state index in [1.165, 1.54) is 11.1 Å². The van der Waals surface area contributed by atoms with Crippen molar-refractivity contribution in [3.63, 3.8) is 0 Å². The lowest BCUT2D eigenvalue weighted by atomic mass is 9.69. The maximum atomic E-state index is 8.02. The van der Waals surface area contributed by atoms with Gasteiger partial charge in [-0.2, -0.15) is 0 Å². The summed E-state index contributed by atoms with van der Waals surface area (Å²) in [6.07, 6.45) is 8.46. The Morgan fingerprint density at radius 3 is 1.72 bits per heavy atom. The average Bonchev–Trinajstić information content (AvgIpc) is 2.21. The van der Waals surface area contributed by atoms with E-state index in [0.29, 0.717) is 5.71 Å². The first-order valence-electron chi connectivity index (χ1n) is 6.65. The number of allylic oxidation sites excluding steroid dienone is 6. The molecule has 0 heterocycles. The highest BCUT2D eigenvalue weighted by molar-refractivity contribution is 5.88. The van der Waals surface area contributed by atoms with E-state index in [0.717, 1.165) is 0 Å². The Morgan fingerprint density at radius 2 is 1.44 bits per heavy atom. The molecule has 18 heavy (non-hydrogen) atoms. The molecule has 0 aliphatic carbocycles. The third-order valence-electron chi connectivity index (χ3n) is 3.45. The SMILES string of the molecule is C\C=C/C=C(\C(=C/C)C(C)(C)C(C)=N)C(C)(C)C. The molecule has 1 nitrogen and oxygen atoms in total. The van der Waals surface area contributed by atoms with Gasteiger partial charge in [0.1, 0.15) is 0 Å². The van der Waals surface area contributed by atoms with Crippen molar-refractivity contribution in [2.24, 2.45) is 10.8 Å². The van der Waals surface area contributed by atoms with Gasteiger partial charge in [-0.15, -0.1) is 0 Å². The first-order chi connectivity index (χ1) is 8.08. The van der Waals surface area contributed by atoms with Gasteiger partial charge in [0.05, 0.1) is 0 Å². The minimum Gasteiger partial charge on any atom is -0.309 e. The molecule has 1 heteroatoms. The maximum absolute atomic E-state index is 8.02. The Hall–Kier alpha value is -1.11. The smallest absolute Gasteiger partial charge is 0.0269 e. The highest BCUT2D eigenvalue weighted by Crippen LogP contribution is 2.41. The van der Waals surface area contributed by atoms with Gasteiger partial charge in [0.25, 0.3) is 0 Å². The van der Waals surface area contributed by atoms with Crippen molar-refractivity contribution in [3.8, 4) is 0 Å². The number of hydrogen-bond acceptors (Lipinski definition) is 1. The summed E-state index contributed by atoms with van der Waals surface area (Å²) in [6.45, 7) is 16.9. The lowest BCUT2D eigenvalue weighted by Gasteiger charge is -2.35. The van der Waals surface area contributed by atoms with Crippen LogP contribution in [0.2, 0.25) is 0 Å². The summed E-state index contributed by atoms with van der Waals surface area (Å²) in [7, 11) is 0. The van der Waals surface area contributed by atoms with Gasteiger partial charge in [-0.1, -0.05) is 58.9 Å². The standard InChI is InChI=1S/C17H29N/c1-9-11-12-15(16(4,5)6)14(10-2)17(7,8)13(3)18/h9-12,18H,1-8H3/b11-9-,14-10+,15-12+,18-13?. The van der Waals surface area contributed by atoms with Gasteiger partial charge in [-0.3, -0.25) is 0 Å². The lowest BCUT2D eigenvalue weighted by Crippen LogP contribution is -2.28. The van der Waals surface area contributed by atoms with Gasteiger partial charge in [0.15, 0.2) is 0 Å². The summed E-state index contributed by atoms with van der Waals surface area (Å²) in [4.78, 5) is 0. The molecule has 0 spiro atoms. The minimum atomic E-state index is -0.213. The molecule has 0 aliphatic rings. The Balaban J connectivity index is 5.84. The molecule has 0 aromatic carbocycles. The van der Waals surface area contributed by atoms with Gasteiger partial charge >= 0.3 is 0 Å². The van der Waals surface area contributed by atoms with Crippen LogP contribution >= 0.6 is 0 Å². The van der Waals surface area contributed by atoms with E-state index in [4.69, 9.17) is 5.41 Å². The zero-order valence-electron chi connectivity index (χ0n) is 13.3. The predicted octanol–water partition coefficient (Wildman–Crippen LogP) is 5.55. The monoisotopic (exact) mass is 247 g/mol. The highest BCUT2D eigenvalue weighted by Gasteiger charge is 2.31. The summed E-state index contributed by atoms with van der Waals surface area (Å²) >= 11 is 0. The topological polar surface area (TPSA) is 23.9 Å². The molecule has 1 N–H and O–H groups in total. The normalized spacial score (nSPS) is 15.3. The molecule has 0 unspecified atom stereocenters. The van der Waals surface area contributed by atoms with Crippen molar-refractivity contribution in [1.29, 1.82) is 5.41 Å². The molecule has 0 aromatic rings. The van der Waals surface area contributed by atoms with E-state index in [1.807, 2.05) is 19.9 Å². The summed E-state index contributed by atoms with van der Waals surface area (Å²) in [5, 5.41) is 8.02. The zero-order chi connectivity index (χ0) is 14.6. The minimum absolute atomic E-state index is 0.0775. The number of hydrogen-bond donors (Lipinski definition) is 1. The molecule has 0 radical (unpaired) electrons. The molecule has 0 fully saturated rings. The quantitative estimate of drug-likeness (QED) is 0.497. The molecule has 0 saturated carbocycles. The predicted molar refractivity (Wildman–Crippen MR) is 83.3 cm³/mol. The fraction of sp³-hybridized carbons (Fsp3) is 0.588. The third kappa shape index (κ3) is 3.97. The molecule has 0 saturated heterocycles. The van der Waals surface area contributed by atoms with E-state index in [9.17, 15) is 0 Å². The first-order valence-corrected chi connectivity index (χ1v) is 6.65. The van der Waals surface area contributed by atoms with Gasteiger partial charge in [-0.05, 0) is 37.3 Å². The van der Waals surface area contributed by atoms with Crippen molar-refractivity contribution in [2.45, 2.75) is 55.4 Å². The van der Waals surface area contributed by atoms with Crippen LogP contribution in [0.1, 0.15) is 55.4 Å². The van der Waals surface area contributed by atoms with Crippen LogP contribution in [0, 0.1) is 16.2 Å². The van der Waals surface area contributed by atoms with E-state index in [2.05, 4.69) is 59.8 Å². The molecule has 0 amide bonds. The van der Waals surface area contributed by atoms with Crippen molar-refractivity contribution >= 4 is 5.71 Å². The van der Waals surface area contributed by atoms with Gasteiger partial charge < -0.3 is 5.41 Å². The van der Waals surface area contributed by atoms with E-state index >= 15 is 0 Å². The van der Waals surface area contributed by atoms with E-state index < -0.39 is 0 Å². The van der Waals surface area contributed by atoms with Crippen LogP contribution in [-0.4, -0.2) is 5.71 Å². The average molecular weight is 247 g/mol. The second kappa shape index (κ2) is 6.17. The number of rotatable bonds is 4. The molecular formula is C17H29N. The largest absolute Gasteiger partial charge is 0.309 e. The molecule has 0 atom stereocenters. The van der Waals surface area contributed by atoms with Crippen molar-refractivity contribution in [1.82, 2.24) is 0 Å². The second-order valence-corrected chi connectivity index (χ2v) is 6.31. The first kappa shape index (κ1) is 16.9.